The fraction of sp³-hybridized carbons (Fsp3) is 0.316. The van der Waals surface area contributed by atoms with E-state index in [4.69, 9.17) is 4.74 Å². The number of carbonyl (C=O) groups excluding carboxylic acids is 1. The average Bonchev–Trinajstić information content (AvgIpc) is 2.71. The molecule has 1 amide bonds. The van der Waals surface area contributed by atoms with Crippen molar-refractivity contribution in [1.82, 2.24) is 5.32 Å². The number of ether oxygens (including phenoxy) is 1. The van der Waals surface area contributed by atoms with Crippen molar-refractivity contribution in [3.63, 3.8) is 0 Å². The third-order valence-corrected chi connectivity index (χ3v) is 4.07. The number of alkyl carbamates (subject to hydrolysis) is 1. The molecular formula is C19H22N2O2. The molecule has 23 heavy (non-hydrogen) atoms. The fourth-order valence-corrected chi connectivity index (χ4v) is 2.83. The molecule has 0 aromatic heterocycles. The summed E-state index contributed by atoms with van der Waals surface area (Å²) < 4.78 is 5.26. The molecule has 1 unspecified atom stereocenters. The minimum Gasteiger partial charge on any atom is -0.450 e. The average molecular weight is 310 g/mol. The molecule has 0 bridgehead atoms. The number of benzene rings is 2. The second-order valence-electron chi connectivity index (χ2n) is 5.76. The first-order chi connectivity index (χ1) is 11.3. The molecule has 3 rings (SSSR count). The highest BCUT2D eigenvalue weighted by atomic mass is 16.5. The number of unbranched alkanes of at least 4 members (excludes halogenated alkanes) is 1. The monoisotopic (exact) mass is 310 g/mol. The van der Waals surface area contributed by atoms with Crippen LogP contribution in [-0.2, 0) is 11.2 Å². The number of nitrogens with one attached hydrogen (secondary N) is 2. The van der Waals surface area contributed by atoms with Crippen LogP contribution in [0.15, 0.2) is 48.5 Å². The van der Waals surface area contributed by atoms with Gasteiger partial charge in [0.1, 0.15) is 0 Å². The van der Waals surface area contributed by atoms with Crippen LogP contribution >= 0.6 is 0 Å². The lowest BCUT2D eigenvalue weighted by Gasteiger charge is -2.19. The Morgan fingerprint density at radius 3 is 2.74 bits per heavy atom. The van der Waals surface area contributed by atoms with Crippen molar-refractivity contribution in [1.29, 1.82) is 0 Å². The summed E-state index contributed by atoms with van der Waals surface area (Å²) in [6.07, 6.45) is 2.29. The first-order valence-corrected chi connectivity index (χ1v) is 8.15. The summed E-state index contributed by atoms with van der Waals surface area (Å²) in [5, 5.41) is 6.48. The van der Waals surface area contributed by atoms with E-state index in [0.29, 0.717) is 6.61 Å². The number of hydrogen-bond acceptors (Lipinski definition) is 3. The molecule has 4 heteroatoms. The van der Waals surface area contributed by atoms with E-state index in [0.717, 1.165) is 36.2 Å². The van der Waals surface area contributed by atoms with Crippen molar-refractivity contribution in [2.24, 2.45) is 0 Å². The van der Waals surface area contributed by atoms with Crippen LogP contribution in [0.5, 0.6) is 0 Å². The summed E-state index contributed by atoms with van der Waals surface area (Å²) in [5.74, 6) is 0. The molecule has 1 heterocycles. The Balaban J connectivity index is 1.82. The molecule has 1 aliphatic heterocycles. The first kappa shape index (κ1) is 15.4. The van der Waals surface area contributed by atoms with E-state index < -0.39 is 0 Å². The minimum atomic E-state index is -0.349. The number of carbonyl (C=O) groups is 1. The summed E-state index contributed by atoms with van der Waals surface area (Å²) in [4.78, 5) is 12.1. The van der Waals surface area contributed by atoms with E-state index >= 15 is 0 Å². The molecule has 2 aromatic carbocycles. The number of para-hydroxylation sites is 2. The Labute approximate surface area is 136 Å². The topological polar surface area (TPSA) is 50.4 Å². The van der Waals surface area contributed by atoms with Crippen molar-refractivity contribution in [2.45, 2.75) is 32.2 Å². The van der Waals surface area contributed by atoms with Gasteiger partial charge in [0.05, 0.1) is 12.6 Å². The maximum Gasteiger partial charge on any atom is 0.407 e. The zero-order valence-corrected chi connectivity index (χ0v) is 13.3. The van der Waals surface area contributed by atoms with Gasteiger partial charge in [0.15, 0.2) is 0 Å². The Hall–Kier alpha value is -2.49. The minimum absolute atomic E-state index is 0.100. The normalized spacial score (nSPS) is 15.6. The van der Waals surface area contributed by atoms with Crippen molar-refractivity contribution < 1.29 is 9.53 Å². The Morgan fingerprint density at radius 1 is 1.17 bits per heavy atom. The molecule has 0 saturated heterocycles. The van der Waals surface area contributed by atoms with Crippen molar-refractivity contribution in [2.75, 3.05) is 11.9 Å². The van der Waals surface area contributed by atoms with Crippen LogP contribution in [-0.4, -0.2) is 12.7 Å². The third kappa shape index (κ3) is 3.65. The van der Waals surface area contributed by atoms with E-state index in [9.17, 15) is 4.79 Å². The predicted molar refractivity (Wildman–Crippen MR) is 92.0 cm³/mol. The van der Waals surface area contributed by atoms with E-state index in [1.807, 2.05) is 36.4 Å². The van der Waals surface area contributed by atoms with Gasteiger partial charge in [-0.3, -0.25) is 0 Å². The van der Waals surface area contributed by atoms with Crippen molar-refractivity contribution in [3.05, 3.63) is 59.7 Å². The van der Waals surface area contributed by atoms with Gasteiger partial charge >= 0.3 is 6.09 Å². The predicted octanol–water partition coefficient (Wildman–Crippen LogP) is 4.55. The Kier molecular flexibility index (Phi) is 4.81. The highest BCUT2D eigenvalue weighted by Crippen LogP contribution is 2.34. The SMILES string of the molecule is CCCCOC(=O)NC1Cc2ccccc2Nc2ccccc21. The largest absolute Gasteiger partial charge is 0.450 e. The van der Waals surface area contributed by atoms with Gasteiger partial charge in [-0.25, -0.2) is 4.79 Å². The van der Waals surface area contributed by atoms with Crippen LogP contribution < -0.4 is 10.6 Å². The van der Waals surface area contributed by atoms with Crippen molar-refractivity contribution >= 4 is 17.5 Å². The molecule has 0 fully saturated rings. The zero-order chi connectivity index (χ0) is 16.1. The van der Waals surface area contributed by atoms with Gasteiger partial charge in [-0.2, -0.15) is 0 Å². The Morgan fingerprint density at radius 2 is 1.91 bits per heavy atom. The molecule has 2 aromatic rings. The number of rotatable bonds is 4. The summed E-state index contributed by atoms with van der Waals surface area (Å²) in [6.45, 7) is 2.54. The molecule has 120 valence electrons. The molecule has 1 atom stereocenters. The van der Waals surface area contributed by atoms with E-state index in [2.05, 4.69) is 29.7 Å². The number of amides is 1. The maximum absolute atomic E-state index is 12.1. The fourth-order valence-electron chi connectivity index (χ4n) is 2.83. The second-order valence-corrected chi connectivity index (χ2v) is 5.76. The molecule has 0 spiro atoms. The van der Waals surface area contributed by atoms with Gasteiger partial charge in [0.2, 0.25) is 0 Å². The maximum atomic E-state index is 12.1. The highest BCUT2D eigenvalue weighted by Gasteiger charge is 2.23. The van der Waals surface area contributed by atoms with E-state index in [1.54, 1.807) is 0 Å². The summed E-state index contributed by atoms with van der Waals surface area (Å²) in [7, 11) is 0. The quantitative estimate of drug-likeness (QED) is 0.814. The molecule has 2 N–H and O–H groups in total. The molecular weight excluding hydrogens is 288 g/mol. The van der Waals surface area contributed by atoms with Gasteiger partial charge in [0.25, 0.3) is 0 Å². The van der Waals surface area contributed by atoms with Gasteiger partial charge in [0, 0.05) is 11.4 Å². The van der Waals surface area contributed by atoms with Crippen LogP contribution in [0.4, 0.5) is 16.2 Å². The summed E-state index contributed by atoms with van der Waals surface area (Å²) >= 11 is 0. The van der Waals surface area contributed by atoms with Gasteiger partial charge in [-0.05, 0) is 36.1 Å². The summed E-state index contributed by atoms with van der Waals surface area (Å²) in [5.41, 5.74) is 4.37. The molecule has 0 radical (unpaired) electrons. The van der Waals surface area contributed by atoms with Gasteiger partial charge in [-0.15, -0.1) is 0 Å². The molecule has 4 nitrogen and oxygen atoms in total. The van der Waals surface area contributed by atoms with Crippen LogP contribution in [0.1, 0.15) is 36.9 Å². The molecule has 1 aliphatic rings. The van der Waals surface area contributed by atoms with Crippen LogP contribution in [0.3, 0.4) is 0 Å². The molecule has 0 aliphatic carbocycles. The van der Waals surface area contributed by atoms with Gasteiger partial charge < -0.3 is 15.4 Å². The highest BCUT2D eigenvalue weighted by molar-refractivity contribution is 5.72. The number of hydrogen-bond donors (Lipinski definition) is 2. The number of anilines is 2. The van der Waals surface area contributed by atoms with E-state index in [-0.39, 0.29) is 12.1 Å². The van der Waals surface area contributed by atoms with Crippen LogP contribution in [0.25, 0.3) is 0 Å². The standard InChI is InChI=1S/C19H22N2O2/c1-2-3-12-23-19(22)21-18-13-14-8-4-6-10-16(14)20-17-11-7-5-9-15(17)18/h4-11,18,20H,2-3,12-13H2,1H3,(H,21,22). The lowest BCUT2D eigenvalue weighted by Crippen LogP contribution is -2.30. The van der Waals surface area contributed by atoms with Crippen molar-refractivity contribution in [3.8, 4) is 0 Å². The zero-order valence-electron chi connectivity index (χ0n) is 13.3. The second kappa shape index (κ2) is 7.18. The van der Waals surface area contributed by atoms with Gasteiger partial charge in [-0.1, -0.05) is 49.7 Å². The third-order valence-electron chi connectivity index (χ3n) is 4.07. The Bertz CT molecular complexity index is 685. The van der Waals surface area contributed by atoms with Crippen LogP contribution in [0.2, 0.25) is 0 Å². The van der Waals surface area contributed by atoms with Crippen LogP contribution in [0, 0.1) is 0 Å². The lowest BCUT2D eigenvalue weighted by molar-refractivity contribution is 0.140. The summed E-state index contributed by atoms with van der Waals surface area (Å²) in [6, 6.07) is 16.2. The number of fused-ring (bicyclic) bond motifs is 2. The lowest BCUT2D eigenvalue weighted by atomic mass is 9.99. The smallest absolute Gasteiger partial charge is 0.407 e. The first-order valence-electron chi connectivity index (χ1n) is 8.15. The molecule has 0 saturated carbocycles. The van der Waals surface area contributed by atoms with E-state index in [1.165, 1.54) is 5.56 Å².